The van der Waals surface area contributed by atoms with Gasteiger partial charge in [-0.2, -0.15) is 12.6 Å². The summed E-state index contributed by atoms with van der Waals surface area (Å²) in [7, 11) is 6.21. The Morgan fingerprint density at radius 1 is 1.27 bits per heavy atom. The zero-order chi connectivity index (χ0) is 36.2. The SMILES string of the molecule is COc1cc2cc(c1Cl)N(C)C(=O)C[C@H](OC(=O)[C@H](C)N(C)C(=O)CCS)C1(C)OC1[C@H](C)C1CC(NC(=O)O1)[C@H](OC)/C=C/C=C(\C)C2. The molecule has 0 saturated carbocycles. The molecule has 12 nitrogen and oxygen atoms in total. The van der Waals surface area contributed by atoms with E-state index >= 15 is 0 Å². The molecule has 4 unspecified atom stereocenters. The fraction of sp³-hybridized carbons (Fsp3) is 0.600. The Morgan fingerprint density at radius 2 is 1.98 bits per heavy atom. The smallest absolute Gasteiger partial charge is 0.407 e. The zero-order valence-electron chi connectivity index (χ0n) is 29.4. The molecule has 2 saturated heterocycles. The summed E-state index contributed by atoms with van der Waals surface area (Å²) in [5, 5.41) is 3.13. The van der Waals surface area contributed by atoms with Gasteiger partial charge in [0.25, 0.3) is 0 Å². The van der Waals surface area contributed by atoms with Crippen LogP contribution >= 0.6 is 24.2 Å². The van der Waals surface area contributed by atoms with Gasteiger partial charge in [-0.3, -0.25) is 9.59 Å². The second kappa shape index (κ2) is 16.2. The van der Waals surface area contributed by atoms with E-state index < -0.39 is 54.0 Å². The zero-order valence-corrected chi connectivity index (χ0v) is 31.0. The van der Waals surface area contributed by atoms with E-state index in [4.69, 9.17) is 35.3 Å². The fourth-order valence-electron chi connectivity index (χ4n) is 6.44. The summed E-state index contributed by atoms with van der Waals surface area (Å²) in [4.78, 5) is 55.6. The molecular formula is C35H48ClN3O9S. The molecule has 4 rings (SSSR count). The van der Waals surface area contributed by atoms with Gasteiger partial charge in [-0.25, -0.2) is 9.59 Å². The van der Waals surface area contributed by atoms with Crippen LogP contribution in [0.25, 0.3) is 0 Å². The molecule has 1 N–H and O–H groups in total. The normalized spacial score (nSPS) is 31.2. The summed E-state index contributed by atoms with van der Waals surface area (Å²) >= 11 is 10.9. The highest BCUT2D eigenvalue weighted by Crippen LogP contribution is 2.49. The summed E-state index contributed by atoms with van der Waals surface area (Å²) in [5.41, 5.74) is 1.19. The molecule has 0 aromatic heterocycles. The lowest BCUT2D eigenvalue weighted by molar-refractivity contribution is -0.161. The van der Waals surface area contributed by atoms with Crippen LogP contribution in [0.1, 0.15) is 52.5 Å². The number of ether oxygens (including phenoxy) is 5. The highest BCUT2D eigenvalue weighted by molar-refractivity contribution is 7.80. The molecule has 2 fully saturated rings. The number of amides is 3. The lowest BCUT2D eigenvalue weighted by atomic mass is 9.84. The average Bonchev–Trinajstić information content (AvgIpc) is 3.77. The van der Waals surface area contributed by atoms with Crippen LogP contribution in [0.15, 0.2) is 35.9 Å². The number of rotatable bonds is 7. The Hall–Kier alpha value is -3.26. The minimum atomic E-state index is -1.11. The third-order valence-corrected chi connectivity index (χ3v) is 10.4. The van der Waals surface area contributed by atoms with Crippen molar-refractivity contribution in [3.05, 3.63) is 46.5 Å². The Labute approximate surface area is 298 Å². The van der Waals surface area contributed by atoms with Gasteiger partial charge < -0.3 is 38.8 Å². The summed E-state index contributed by atoms with van der Waals surface area (Å²) in [5.74, 6) is -0.958. The molecule has 0 aliphatic carbocycles. The van der Waals surface area contributed by atoms with Crippen molar-refractivity contribution in [2.75, 3.05) is 39.0 Å². The van der Waals surface area contributed by atoms with Crippen molar-refractivity contribution in [1.82, 2.24) is 10.2 Å². The number of hydrogen-bond donors (Lipinski definition) is 2. The van der Waals surface area contributed by atoms with Gasteiger partial charge in [-0.1, -0.05) is 42.3 Å². The Morgan fingerprint density at radius 3 is 2.63 bits per heavy atom. The van der Waals surface area contributed by atoms with Crippen molar-refractivity contribution >= 4 is 53.8 Å². The number of nitrogens with zero attached hydrogens (tertiary/aromatic N) is 2. The van der Waals surface area contributed by atoms with Crippen molar-refractivity contribution in [2.45, 2.75) is 95.5 Å². The first kappa shape index (κ1) is 38.5. The number of thiol groups is 1. The number of epoxide rings is 1. The van der Waals surface area contributed by atoms with Crippen molar-refractivity contribution < 1.29 is 42.9 Å². The monoisotopic (exact) mass is 721 g/mol. The fourth-order valence-corrected chi connectivity index (χ4v) is 6.94. The number of alkyl carbamates (subject to hydrolysis) is 1. The van der Waals surface area contributed by atoms with E-state index in [2.05, 4.69) is 17.9 Å². The van der Waals surface area contributed by atoms with E-state index in [0.717, 1.165) is 11.1 Å². The summed E-state index contributed by atoms with van der Waals surface area (Å²) < 4.78 is 29.4. The number of fused-ring (bicyclic) bond motifs is 5. The molecule has 3 amide bonds. The Balaban J connectivity index is 1.75. The van der Waals surface area contributed by atoms with Crippen molar-refractivity contribution in [3.63, 3.8) is 0 Å². The standard InChI is InChI=1S/C35H48ClN3O9S/c1-19-10-9-11-25(44-7)23-17-26(46-34(43)37-23)20(2)32-35(4,48-32)28(47-33(42)21(3)38(5)29(40)12-13-49)18-30(41)39(6)24-15-22(14-19)16-27(45-8)31(24)36/h9-11,15-16,20-21,23,25-26,28,32,49H,12-14,17-18H2,1-8H3,(H,37,43)/b11-9+,19-10+/t20-,21+,23?,25-,26?,28+,32?,35?/m1/s1. The maximum atomic E-state index is 14.0. The maximum absolute atomic E-state index is 14.0. The third kappa shape index (κ3) is 8.73. The molecule has 4 bridgehead atoms. The van der Waals surface area contributed by atoms with Gasteiger partial charge >= 0.3 is 12.1 Å². The highest BCUT2D eigenvalue weighted by atomic mass is 35.5. The highest BCUT2D eigenvalue weighted by Gasteiger charge is 2.64. The number of esters is 1. The number of likely N-dealkylation sites (N-methyl/N-ethyl adjacent to an activating group) is 1. The minimum Gasteiger partial charge on any atom is -0.495 e. The predicted molar refractivity (Wildman–Crippen MR) is 188 cm³/mol. The second-order valence-corrected chi connectivity index (χ2v) is 14.0. The van der Waals surface area contributed by atoms with Gasteiger partial charge in [0.05, 0.1) is 37.5 Å². The summed E-state index contributed by atoms with van der Waals surface area (Å²) in [6.07, 6.45) is 3.45. The van der Waals surface area contributed by atoms with Gasteiger partial charge in [-0.05, 0) is 50.6 Å². The van der Waals surface area contributed by atoms with E-state index in [9.17, 15) is 19.2 Å². The summed E-state index contributed by atoms with van der Waals surface area (Å²) in [6.45, 7) is 7.22. The van der Waals surface area contributed by atoms with Gasteiger partial charge in [0, 0.05) is 40.0 Å². The molecule has 1 aromatic rings. The van der Waals surface area contributed by atoms with Gasteiger partial charge in [0.2, 0.25) is 11.8 Å². The van der Waals surface area contributed by atoms with E-state index in [1.807, 2.05) is 44.2 Å². The van der Waals surface area contributed by atoms with Crippen LogP contribution in [0.5, 0.6) is 5.75 Å². The number of allylic oxidation sites excluding steroid dienone is 3. The van der Waals surface area contributed by atoms with Crippen LogP contribution in [0.4, 0.5) is 10.5 Å². The van der Waals surface area contributed by atoms with Crippen LogP contribution in [0, 0.1) is 5.92 Å². The largest absolute Gasteiger partial charge is 0.495 e. The first-order valence-corrected chi connectivity index (χ1v) is 17.4. The van der Waals surface area contributed by atoms with Crippen LogP contribution < -0.4 is 15.0 Å². The number of anilines is 1. The van der Waals surface area contributed by atoms with Gasteiger partial charge in [-0.15, -0.1) is 0 Å². The van der Waals surface area contributed by atoms with E-state index in [0.29, 0.717) is 30.0 Å². The molecule has 3 heterocycles. The number of nitrogens with one attached hydrogen (secondary N) is 1. The van der Waals surface area contributed by atoms with E-state index in [-0.39, 0.29) is 35.7 Å². The number of carbonyl (C=O) groups is 4. The molecule has 0 spiro atoms. The first-order chi connectivity index (χ1) is 23.1. The summed E-state index contributed by atoms with van der Waals surface area (Å²) in [6, 6.07) is 2.34. The lowest BCUT2D eigenvalue weighted by Crippen LogP contribution is -2.53. The Bertz CT molecular complexity index is 1490. The number of halogens is 1. The molecule has 0 radical (unpaired) electrons. The van der Waals surface area contributed by atoms with Crippen molar-refractivity contribution in [3.8, 4) is 5.75 Å². The molecule has 3 aliphatic heterocycles. The van der Waals surface area contributed by atoms with Crippen molar-refractivity contribution in [1.29, 1.82) is 0 Å². The van der Waals surface area contributed by atoms with E-state index in [1.165, 1.54) is 24.0 Å². The Kier molecular flexibility index (Phi) is 12.7. The molecule has 8 atom stereocenters. The predicted octanol–water partition coefficient (Wildman–Crippen LogP) is 4.51. The van der Waals surface area contributed by atoms with Gasteiger partial charge in [0.1, 0.15) is 34.6 Å². The van der Waals surface area contributed by atoms with E-state index in [1.54, 1.807) is 28.0 Å². The number of methoxy groups -OCH3 is 2. The third-order valence-electron chi connectivity index (χ3n) is 9.77. The molecule has 1 aromatic carbocycles. The molecule has 270 valence electrons. The maximum Gasteiger partial charge on any atom is 0.407 e. The number of carbonyl (C=O) groups excluding carboxylic acids is 4. The lowest BCUT2D eigenvalue weighted by Gasteiger charge is -2.36. The number of hydrogen-bond acceptors (Lipinski definition) is 10. The van der Waals surface area contributed by atoms with Gasteiger partial charge in [0.15, 0.2) is 0 Å². The average molecular weight is 722 g/mol. The van der Waals surface area contributed by atoms with Crippen LogP contribution in [-0.2, 0) is 39.8 Å². The van der Waals surface area contributed by atoms with Crippen molar-refractivity contribution in [2.24, 2.45) is 5.92 Å². The molecule has 14 heteroatoms. The van der Waals surface area contributed by atoms with Crippen LogP contribution in [0.2, 0.25) is 5.02 Å². The molecular weight excluding hydrogens is 674 g/mol. The quantitative estimate of drug-likeness (QED) is 0.237. The number of benzene rings is 1. The second-order valence-electron chi connectivity index (χ2n) is 13.2. The minimum absolute atomic E-state index is 0.151. The molecule has 3 aliphatic rings. The van der Waals surface area contributed by atoms with Crippen LogP contribution in [-0.4, -0.2) is 105 Å². The first-order valence-electron chi connectivity index (χ1n) is 16.4. The molecule has 49 heavy (non-hydrogen) atoms. The topological polar surface area (TPSA) is 136 Å². The van der Waals surface area contributed by atoms with Crippen LogP contribution in [0.3, 0.4) is 0 Å².